The summed E-state index contributed by atoms with van der Waals surface area (Å²) in [6.07, 6.45) is 0. The molecule has 102 valence electrons. The van der Waals surface area contributed by atoms with Crippen LogP contribution in [0, 0.1) is 15.4 Å². The van der Waals surface area contributed by atoms with Gasteiger partial charge in [-0.2, -0.15) is 0 Å². The molecule has 1 heterocycles. The van der Waals surface area contributed by atoms with Crippen LogP contribution in [0.4, 0.5) is 10.5 Å². The number of hydrogen-bond donors (Lipinski definition) is 2. The van der Waals surface area contributed by atoms with Gasteiger partial charge in [-0.1, -0.05) is 19.1 Å². The van der Waals surface area contributed by atoms with Crippen molar-refractivity contribution in [2.45, 2.75) is 6.92 Å². The van der Waals surface area contributed by atoms with Crippen molar-refractivity contribution in [1.29, 1.82) is 0 Å². The van der Waals surface area contributed by atoms with Crippen LogP contribution in [0.5, 0.6) is 0 Å². The lowest BCUT2D eigenvalue weighted by Crippen LogP contribution is -2.34. The number of benzene rings is 1. The lowest BCUT2D eigenvalue weighted by atomic mass is 9.99. The predicted octanol–water partition coefficient (Wildman–Crippen LogP) is 2.48. The number of likely N-dealkylation sites (tertiary alicyclic amines) is 1. The second kappa shape index (κ2) is 5.77. The first-order chi connectivity index (χ1) is 8.99. The fraction of sp³-hybridized carbons (Fsp3) is 0.385. The smallest absolute Gasteiger partial charge is 0.321 e. The van der Waals surface area contributed by atoms with Crippen LogP contribution in [0.25, 0.3) is 0 Å². The summed E-state index contributed by atoms with van der Waals surface area (Å²) in [5, 5.41) is 11.9. The molecule has 2 atom stereocenters. The van der Waals surface area contributed by atoms with E-state index in [1.54, 1.807) is 4.90 Å². The van der Waals surface area contributed by atoms with Crippen molar-refractivity contribution >= 4 is 40.3 Å². The molecule has 2 rings (SSSR count). The van der Waals surface area contributed by atoms with Crippen molar-refractivity contribution in [3.05, 3.63) is 27.8 Å². The second-order valence-corrected chi connectivity index (χ2v) is 5.90. The van der Waals surface area contributed by atoms with Gasteiger partial charge in [-0.3, -0.25) is 4.79 Å². The Morgan fingerprint density at radius 2 is 2.05 bits per heavy atom. The van der Waals surface area contributed by atoms with E-state index in [4.69, 9.17) is 5.11 Å². The molecule has 1 aromatic rings. The van der Waals surface area contributed by atoms with E-state index in [0.717, 1.165) is 9.26 Å². The van der Waals surface area contributed by atoms with Crippen LogP contribution in [0.2, 0.25) is 0 Å². The highest BCUT2D eigenvalue weighted by Crippen LogP contribution is 2.24. The van der Waals surface area contributed by atoms with Gasteiger partial charge in [-0.05, 0) is 40.6 Å². The van der Waals surface area contributed by atoms with Crippen molar-refractivity contribution in [3.8, 4) is 0 Å². The number of nitrogens with one attached hydrogen (secondary N) is 1. The molecule has 0 aromatic heterocycles. The first kappa shape index (κ1) is 14.1. The Morgan fingerprint density at radius 3 is 2.63 bits per heavy atom. The predicted molar refractivity (Wildman–Crippen MR) is 80.0 cm³/mol. The zero-order valence-corrected chi connectivity index (χ0v) is 12.6. The molecule has 1 aliphatic rings. The highest BCUT2D eigenvalue weighted by Gasteiger charge is 2.36. The first-order valence-corrected chi connectivity index (χ1v) is 7.10. The molecular formula is C13H15IN2O3. The molecule has 0 saturated carbocycles. The van der Waals surface area contributed by atoms with Crippen molar-refractivity contribution in [3.63, 3.8) is 0 Å². The highest BCUT2D eigenvalue weighted by atomic mass is 127. The topological polar surface area (TPSA) is 69.6 Å². The quantitative estimate of drug-likeness (QED) is 0.782. The Hall–Kier alpha value is -1.31. The Bertz CT molecular complexity index is 506. The van der Waals surface area contributed by atoms with Crippen molar-refractivity contribution in [2.24, 2.45) is 11.8 Å². The number of nitrogens with zero attached hydrogens (tertiary/aromatic N) is 1. The van der Waals surface area contributed by atoms with E-state index >= 15 is 0 Å². The van der Waals surface area contributed by atoms with Crippen LogP contribution < -0.4 is 5.32 Å². The number of amides is 2. The average Bonchev–Trinajstić information content (AvgIpc) is 2.74. The molecule has 2 unspecified atom stereocenters. The Labute approximate surface area is 125 Å². The summed E-state index contributed by atoms with van der Waals surface area (Å²) in [6.45, 7) is 2.61. The summed E-state index contributed by atoms with van der Waals surface area (Å²) in [7, 11) is 0. The SMILES string of the molecule is CC1CN(C(=O)Nc2ccccc2I)CC1C(=O)O. The number of carbonyl (C=O) groups excluding carboxylic acids is 1. The van der Waals surface area contributed by atoms with Crippen LogP contribution in [0.15, 0.2) is 24.3 Å². The summed E-state index contributed by atoms with van der Waals surface area (Å²) in [5.41, 5.74) is 0.750. The molecule has 0 bridgehead atoms. The Kier molecular flexibility index (Phi) is 4.28. The van der Waals surface area contributed by atoms with Gasteiger partial charge in [-0.25, -0.2) is 4.79 Å². The number of halogens is 1. The van der Waals surface area contributed by atoms with Gasteiger partial charge >= 0.3 is 12.0 Å². The van der Waals surface area contributed by atoms with E-state index in [9.17, 15) is 9.59 Å². The minimum absolute atomic E-state index is 0.0157. The number of urea groups is 1. The average molecular weight is 374 g/mol. The number of carboxylic acids is 1. The van der Waals surface area contributed by atoms with Crippen LogP contribution in [0.3, 0.4) is 0 Å². The zero-order valence-electron chi connectivity index (χ0n) is 10.5. The number of aliphatic carboxylic acids is 1. The van der Waals surface area contributed by atoms with E-state index in [1.165, 1.54) is 0 Å². The van der Waals surface area contributed by atoms with E-state index in [2.05, 4.69) is 27.9 Å². The number of hydrogen-bond acceptors (Lipinski definition) is 2. The number of anilines is 1. The molecule has 2 N–H and O–H groups in total. The zero-order chi connectivity index (χ0) is 14.0. The third-order valence-corrected chi connectivity index (χ3v) is 4.27. The normalized spacial score (nSPS) is 22.3. The molecule has 5 nitrogen and oxygen atoms in total. The lowest BCUT2D eigenvalue weighted by molar-refractivity contribution is -0.142. The van der Waals surface area contributed by atoms with Gasteiger partial charge in [0.2, 0.25) is 0 Å². The number of para-hydroxylation sites is 1. The van der Waals surface area contributed by atoms with Crippen molar-refractivity contribution in [2.75, 3.05) is 18.4 Å². The minimum Gasteiger partial charge on any atom is -0.481 e. The van der Waals surface area contributed by atoms with Gasteiger partial charge in [-0.15, -0.1) is 0 Å². The largest absolute Gasteiger partial charge is 0.481 e. The maximum absolute atomic E-state index is 12.1. The monoisotopic (exact) mass is 374 g/mol. The molecule has 1 aliphatic heterocycles. The van der Waals surface area contributed by atoms with E-state index in [0.29, 0.717) is 6.54 Å². The van der Waals surface area contributed by atoms with E-state index in [1.807, 2.05) is 31.2 Å². The molecule has 0 aliphatic carbocycles. The van der Waals surface area contributed by atoms with Crippen LogP contribution in [-0.4, -0.2) is 35.1 Å². The molecule has 0 radical (unpaired) electrons. The van der Waals surface area contributed by atoms with Gasteiger partial charge in [0, 0.05) is 16.7 Å². The van der Waals surface area contributed by atoms with Gasteiger partial charge < -0.3 is 15.3 Å². The summed E-state index contributed by atoms with van der Waals surface area (Å²) < 4.78 is 0.954. The third kappa shape index (κ3) is 3.17. The minimum atomic E-state index is -0.836. The molecule has 2 amide bonds. The van der Waals surface area contributed by atoms with E-state index in [-0.39, 0.29) is 18.5 Å². The molecule has 19 heavy (non-hydrogen) atoms. The number of carboxylic acid groups (broad SMARTS) is 1. The van der Waals surface area contributed by atoms with E-state index < -0.39 is 11.9 Å². The van der Waals surface area contributed by atoms with Gasteiger partial charge in [0.05, 0.1) is 11.6 Å². The Morgan fingerprint density at radius 1 is 1.37 bits per heavy atom. The molecular weight excluding hydrogens is 359 g/mol. The highest BCUT2D eigenvalue weighted by molar-refractivity contribution is 14.1. The van der Waals surface area contributed by atoms with Gasteiger partial charge in [0.1, 0.15) is 0 Å². The standard InChI is InChI=1S/C13H15IN2O3/c1-8-6-16(7-9(8)12(17)18)13(19)15-11-5-3-2-4-10(11)14/h2-5,8-9H,6-7H2,1H3,(H,15,19)(H,17,18). The fourth-order valence-electron chi connectivity index (χ4n) is 2.21. The fourth-order valence-corrected chi connectivity index (χ4v) is 2.73. The lowest BCUT2D eigenvalue weighted by Gasteiger charge is -2.17. The van der Waals surface area contributed by atoms with Gasteiger partial charge in [0.25, 0.3) is 0 Å². The van der Waals surface area contributed by atoms with Crippen LogP contribution in [-0.2, 0) is 4.79 Å². The molecule has 1 saturated heterocycles. The second-order valence-electron chi connectivity index (χ2n) is 4.74. The summed E-state index contributed by atoms with van der Waals surface area (Å²) in [5.74, 6) is -1.32. The first-order valence-electron chi connectivity index (χ1n) is 6.02. The third-order valence-electron chi connectivity index (χ3n) is 3.33. The van der Waals surface area contributed by atoms with Crippen molar-refractivity contribution < 1.29 is 14.7 Å². The molecule has 1 fully saturated rings. The molecule has 1 aromatic carbocycles. The summed E-state index contributed by atoms with van der Waals surface area (Å²) in [4.78, 5) is 24.7. The number of rotatable bonds is 2. The summed E-state index contributed by atoms with van der Waals surface area (Å²) >= 11 is 2.15. The molecule has 0 spiro atoms. The van der Waals surface area contributed by atoms with Crippen LogP contribution in [0.1, 0.15) is 6.92 Å². The molecule has 6 heteroatoms. The maximum Gasteiger partial charge on any atom is 0.321 e. The van der Waals surface area contributed by atoms with Crippen molar-refractivity contribution in [1.82, 2.24) is 4.90 Å². The van der Waals surface area contributed by atoms with Crippen LogP contribution >= 0.6 is 22.6 Å². The maximum atomic E-state index is 12.1. The Balaban J connectivity index is 2.02. The van der Waals surface area contributed by atoms with Gasteiger partial charge in [0.15, 0.2) is 0 Å². The number of carbonyl (C=O) groups is 2. The summed E-state index contributed by atoms with van der Waals surface area (Å²) in [6, 6.07) is 7.25.